The van der Waals surface area contributed by atoms with Crippen LogP contribution in [0.2, 0.25) is 0 Å². The molecule has 3 N–H and O–H groups in total. The van der Waals surface area contributed by atoms with Crippen LogP contribution >= 0.6 is 24.0 Å². The molecule has 1 aromatic heterocycles. The zero-order valence-electron chi connectivity index (χ0n) is 16.3. The van der Waals surface area contributed by atoms with Gasteiger partial charge in [0, 0.05) is 13.1 Å². The summed E-state index contributed by atoms with van der Waals surface area (Å²) in [4.78, 5) is 7.06. The lowest BCUT2D eigenvalue weighted by molar-refractivity contribution is 0.0437. The van der Waals surface area contributed by atoms with Crippen LogP contribution in [0.4, 0.5) is 0 Å². The van der Waals surface area contributed by atoms with Crippen LogP contribution in [-0.4, -0.2) is 55.2 Å². The van der Waals surface area contributed by atoms with Gasteiger partial charge in [0.2, 0.25) is 0 Å². The summed E-state index contributed by atoms with van der Waals surface area (Å²) in [5.41, 5.74) is -1.10. The molecule has 1 fully saturated rings. The van der Waals surface area contributed by atoms with Crippen molar-refractivity contribution in [3.63, 3.8) is 0 Å². The van der Waals surface area contributed by atoms with Crippen molar-refractivity contribution in [2.24, 2.45) is 10.9 Å². The molecule has 6 nitrogen and oxygen atoms in total. The Morgan fingerprint density at radius 3 is 2.73 bits per heavy atom. The minimum absolute atomic E-state index is 0. The van der Waals surface area contributed by atoms with Crippen molar-refractivity contribution in [3.8, 4) is 0 Å². The Morgan fingerprint density at radius 1 is 1.38 bits per heavy atom. The monoisotopic (exact) mass is 478 g/mol. The molecule has 26 heavy (non-hydrogen) atoms. The smallest absolute Gasteiger partial charge is 0.191 e. The predicted octanol–water partition coefficient (Wildman–Crippen LogP) is 2.78. The van der Waals surface area contributed by atoms with Crippen molar-refractivity contribution < 1.29 is 9.52 Å². The molecular weight excluding hydrogens is 443 g/mol. The number of halogens is 1. The van der Waals surface area contributed by atoms with Gasteiger partial charge in [0.05, 0.1) is 12.8 Å². The first-order valence-corrected chi connectivity index (χ1v) is 9.52. The highest BCUT2D eigenvalue weighted by molar-refractivity contribution is 14.0. The van der Waals surface area contributed by atoms with E-state index in [2.05, 4.69) is 27.4 Å². The summed E-state index contributed by atoms with van der Waals surface area (Å²) in [5, 5.41) is 17.1. The second-order valence-corrected chi connectivity index (χ2v) is 7.25. The van der Waals surface area contributed by atoms with E-state index in [9.17, 15) is 5.11 Å². The Balaban J connectivity index is 0.00000338. The third kappa shape index (κ3) is 7.84. The van der Waals surface area contributed by atoms with E-state index in [1.165, 1.54) is 25.9 Å². The van der Waals surface area contributed by atoms with Crippen molar-refractivity contribution in [2.45, 2.75) is 45.6 Å². The molecule has 1 aromatic rings. The van der Waals surface area contributed by atoms with Gasteiger partial charge in [-0.15, -0.1) is 24.0 Å². The molecule has 0 amide bonds. The number of guanidine groups is 1. The van der Waals surface area contributed by atoms with Gasteiger partial charge < -0.3 is 25.1 Å². The molecule has 2 heterocycles. The minimum atomic E-state index is -1.10. The van der Waals surface area contributed by atoms with Gasteiger partial charge in [0.15, 0.2) is 5.96 Å². The highest BCUT2D eigenvalue weighted by atomic mass is 127. The summed E-state index contributed by atoms with van der Waals surface area (Å²) in [7, 11) is 0. The summed E-state index contributed by atoms with van der Waals surface area (Å²) in [6, 6.07) is 3.55. The third-order valence-corrected chi connectivity index (χ3v) is 4.76. The molecule has 0 spiro atoms. The average Bonchev–Trinajstić information content (AvgIpc) is 3.13. The number of likely N-dealkylation sites (tertiary alicyclic amines) is 1. The fourth-order valence-electron chi connectivity index (χ4n) is 3.03. The first-order valence-electron chi connectivity index (χ1n) is 9.52. The number of piperidine rings is 1. The molecule has 1 aliphatic heterocycles. The Bertz CT molecular complexity index is 512. The lowest BCUT2D eigenvalue weighted by Crippen LogP contribution is -2.40. The van der Waals surface area contributed by atoms with Crippen molar-refractivity contribution in [1.82, 2.24) is 15.5 Å². The van der Waals surface area contributed by atoms with E-state index < -0.39 is 5.60 Å². The maximum Gasteiger partial charge on any atom is 0.191 e. The van der Waals surface area contributed by atoms with Crippen LogP contribution in [0.25, 0.3) is 0 Å². The SMILES string of the molecule is CCNC(=NCC(C)(O)c1ccco1)NCCCN1CCC(C)CC1.I. The summed E-state index contributed by atoms with van der Waals surface area (Å²) >= 11 is 0. The second kappa shape index (κ2) is 11.8. The molecule has 0 aliphatic carbocycles. The normalized spacial score (nSPS) is 18.8. The number of aliphatic imine (C=N–C) groups is 1. The van der Waals surface area contributed by atoms with E-state index in [0.29, 0.717) is 5.76 Å². The van der Waals surface area contributed by atoms with Crippen LogP contribution < -0.4 is 10.6 Å². The number of rotatable bonds is 8. The van der Waals surface area contributed by atoms with Gasteiger partial charge >= 0.3 is 0 Å². The molecule has 2 rings (SSSR count). The van der Waals surface area contributed by atoms with Crippen LogP contribution in [0.1, 0.15) is 45.8 Å². The first-order chi connectivity index (χ1) is 12.0. The predicted molar refractivity (Wildman–Crippen MR) is 117 cm³/mol. The summed E-state index contributed by atoms with van der Waals surface area (Å²) in [5.74, 6) is 2.15. The number of nitrogens with zero attached hydrogens (tertiary/aromatic N) is 2. The van der Waals surface area contributed by atoms with Gasteiger partial charge in [-0.1, -0.05) is 6.92 Å². The topological polar surface area (TPSA) is 73.0 Å². The fourth-order valence-corrected chi connectivity index (χ4v) is 3.03. The zero-order valence-corrected chi connectivity index (χ0v) is 18.7. The number of hydrogen-bond acceptors (Lipinski definition) is 4. The van der Waals surface area contributed by atoms with Crippen LogP contribution in [0, 0.1) is 5.92 Å². The quantitative estimate of drug-likeness (QED) is 0.232. The molecular formula is C19H35IN4O2. The van der Waals surface area contributed by atoms with Crippen LogP contribution in [0.3, 0.4) is 0 Å². The Morgan fingerprint density at radius 2 is 2.12 bits per heavy atom. The van der Waals surface area contributed by atoms with E-state index in [1.54, 1.807) is 25.3 Å². The van der Waals surface area contributed by atoms with Crippen LogP contribution in [0.5, 0.6) is 0 Å². The van der Waals surface area contributed by atoms with Crippen molar-refractivity contribution >= 4 is 29.9 Å². The Hall–Kier alpha value is -0.800. The number of furan rings is 1. The minimum Gasteiger partial charge on any atom is -0.466 e. The summed E-state index contributed by atoms with van der Waals surface area (Å²) < 4.78 is 5.30. The number of hydrogen-bond donors (Lipinski definition) is 3. The van der Waals surface area contributed by atoms with Crippen LogP contribution in [-0.2, 0) is 5.60 Å². The van der Waals surface area contributed by atoms with E-state index in [-0.39, 0.29) is 30.5 Å². The lowest BCUT2D eigenvalue weighted by atomic mass is 9.99. The maximum atomic E-state index is 10.5. The summed E-state index contributed by atoms with van der Waals surface area (Å²) in [6.45, 7) is 11.6. The van der Waals surface area contributed by atoms with Crippen molar-refractivity contribution in [2.75, 3.05) is 39.3 Å². The largest absolute Gasteiger partial charge is 0.466 e. The van der Waals surface area contributed by atoms with Crippen LogP contribution in [0.15, 0.2) is 27.8 Å². The molecule has 7 heteroatoms. The van der Waals surface area contributed by atoms with E-state index in [0.717, 1.165) is 37.9 Å². The van der Waals surface area contributed by atoms with E-state index in [4.69, 9.17) is 4.42 Å². The average molecular weight is 478 g/mol. The third-order valence-electron chi connectivity index (χ3n) is 4.76. The van der Waals surface area contributed by atoms with Gasteiger partial charge in [-0.3, -0.25) is 0 Å². The molecule has 1 aliphatic rings. The van der Waals surface area contributed by atoms with Gasteiger partial charge in [0.25, 0.3) is 0 Å². The van der Waals surface area contributed by atoms with E-state index in [1.807, 2.05) is 6.92 Å². The lowest BCUT2D eigenvalue weighted by Gasteiger charge is -2.30. The van der Waals surface area contributed by atoms with Gasteiger partial charge in [0.1, 0.15) is 11.4 Å². The number of aliphatic hydroxyl groups is 1. The maximum absolute atomic E-state index is 10.5. The molecule has 150 valence electrons. The van der Waals surface area contributed by atoms with Gasteiger partial charge in [-0.05, 0) is 70.8 Å². The molecule has 0 radical (unpaired) electrons. The second-order valence-electron chi connectivity index (χ2n) is 7.25. The van der Waals surface area contributed by atoms with Crippen molar-refractivity contribution in [3.05, 3.63) is 24.2 Å². The number of nitrogens with one attached hydrogen (secondary N) is 2. The van der Waals surface area contributed by atoms with E-state index >= 15 is 0 Å². The first kappa shape index (κ1) is 23.2. The highest BCUT2D eigenvalue weighted by Crippen LogP contribution is 2.21. The molecule has 0 aromatic carbocycles. The molecule has 0 bridgehead atoms. The molecule has 1 saturated heterocycles. The standard InChI is InChI=1S/C19H34N4O2.HI/c1-4-20-18(22-15-19(3,24)17-7-5-14-25-17)21-10-6-11-23-12-8-16(2)9-13-23;/h5,7,14,16,24H,4,6,8-13,15H2,1-3H3,(H2,20,21,22);1H. The Labute approximate surface area is 174 Å². The highest BCUT2D eigenvalue weighted by Gasteiger charge is 2.26. The fraction of sp³-hybridized carbons (Fsp3) is 0.737. The molecule has 1 unspecified atom stereocenters. The Kier molecular flexibility index (Phi) is 10.6. The van der Waals surface area contributed by atoms with Crippen molar-refractivity contribution in [1.29, 1.82) is 0 Å². The zero-order chi connectivity index (χ0) is 18.1. The van der Waals surface area contributed by atoms with Gasteiger partial charge in [-0.2, -0.15) is 0 Å². The van der Waals surface area contributed by atoms with Gasteiger partial charge in [-0.25, -0.2) is 4.99 Å². The summed E-state index contributed by atoms with van der Waals surface area (Å²) in [6.07, 6.45) is 5.30. The molecule has 1 atom stereocenters. The molecule has 0 saturated carbocycles.